The van der Waals surface area contributed by atoms with Gasteiger partial charge in [-0.2, -0.15) is 4.72 Å². The molecule has 0 spiro atoms. The van der Waals surface area contributed by atoms with Crippen molar-refractivity contribution in [2.24, 2.45) is 0 Å². The summed E-state index contributed by atoms with van der Waals surface area (Å²) in [5.41, 5.74) is 0.146. The number of nitrogens with zero attached hydrogens (tertiary/aromatic N) is 1. The first-order valence-corrected chi connectivity index (χ1v) is 6.56. The lowest BCUT2D eigenvalue weighted by atomic mass is 10.2. The summed E-state index contributed by atoms with van der Waals surface area (Å²) in [5, 5.41) is 21.0. The number of aliphatic carboxylic acids is 1. The molecule has 0 aromatic carbocycles. The molecule has 1 aromatic rings. The number of aliphatic hydroxyl groups is 1. The molecule has 0 radical (unpaired) electrons. The fourth-order valence-corrected chi connectivity index (χ4v) is 3.02. The first-order chi connectivity index (χ1) is 8.29. The van der Waals surface area contributed by atoms with Gasteiger partial charge in [-0.15, -0.1) is 0 Å². The first kappa shape index (κ1) is 14.6. The smallest absolute Gasteiger partial charge is 0.321 e. The van der Waals surface area contributed by atoms with Crippen molar-refractivity contribution in [2.75, 3.05) is 6.61 Å². The summed E-state index contributed by atoms with van der Waals surface area (Å²) in [6.45, 7) is 2.41. The van der Waals surface area contributed by atoms with Crippen LogP contribution in [0, 0.1) is 13.8 Å². The summed E-state index contributed by atoms with van der Waals surface area (Å²) in [5.74, 6) is -1.28. The molecule has 0 fully saturated rings. The lowest BCUT2D eigenvalue weighted by Crippen LogP contribution is -2.41. The number of nitrogens with one attached hydrogen (secondary N) is 1. The van der Waals surface area contributed by atoms with Crippen molar-refractivity contribution in [1.82, 2.24) is 9.88 Å². The van der Waals surface area contributed by atoms with Gasteiger partial charge in [0.15, 0.2) is 5.76 Å². The van der Waals surface area contributed by atoms with E-state index in [1.807, 2.05) is 4.72 Å². The molecule has 102 valence electrons. The molecule has 1 heterocycles. The van der Waals surface area contributed by atoms with Gasteiger partial charge < -0.3 is 14.7 Å². The molecule has 8 nitrogen and oxygen atoms in total. The highest BCUT2D eigenvalue weighted by molar-refractivity contribution is 7.89. The summed E-state index contributed by atoms with van der Waals surface area (Å²) < 4.78 is 30.6. The standard InChI is InChI=1S/C9H14N2O6S/c1-5-8(6(2)17-10-5)18(15,16)11-7(3-4-12)9(13)14/h7,11-12H,3-4H2,1-2H3,(H,13,14)/t7-/m0/s1. The van der Waals surface area contributed by atoms with Crippen LogP contribution in [0.3, 0.4) is 0 Å². The van der Waals surface area contributed by atoms with E-state index in [-0.39, 0.29) is 22.8 Å². The zero-order valence-electron chi connectivity index (χ0n) is 9.87. The quantitative estimate of drug-likeness (QED) is 0.633. The van der Waals surface area contributed by atoms with Crippen molar-refractivity contribution in [2.45, 2.75) is 31.2 Å². The zero-order chi connectivity index (χ0) is 13.9. The lowest BCUT2D eigenvalue weighted by Gasteiger charge is -2.13. The number of rotatable bonds is 6. The van der Waals surface area contributed by atoms with Crippen molar-refractivity contribution < 1.29 is 27.9 Å². The maximum absolute atomic E-state index is 12.0. The SMILES string of the molecule is Cc1noc(C)c1S(=O)(=O)N[C@@H](CCO)C(=O)O. The van der Waals surface area contributed by atoms with Gasteiger partial charge in [0.25, 0.3) is 0 Å². The molecule has 0 aliphatic heterocycles. The Bertz CT molecular complexity index is 516. The normalized spacial score (nSPS) is 13.5. The van der Waals surface area contributed by atoms with Gasteiger partial charge >= 0.3 is 5.97 Å². The molecule has 0 bridgehead atoms. The third-order valence-electron chi connectivity index (χ3n) is 2.25. The second-order valence-electron chi connectivity index (χ2n) is 3.68. The van der Waals surface area contributed by atoms with Crippen molar-refractivity contribution in [3.8, 4) is 0 Å². The monoisotopic (exact) mass is 278 g/mol. The number of aliphatic hydroxyl groups excluding tert-OH is 1. The van der Waals surface area contributed by atoms with Crippen LogP contribution < -0.4 is 4.72 Å². The molecule has 9 heteroatoms. The Morgan fingerprint density at radius 2 is 2.11 bits per heavy atom. The Kier molecular flexibility index (Phi) is 4.43. The Morgan fingerprint density at radius 3 is 2.50 bits per heavy atom. The van der Waals surface area contributed by atoms with Crippen molar-refractivity contribution in [3.05, 3.63) is 11.5 Å². The summed E-state index contributed by atoms with van der Waals surface area (Å²) >= 11 is 0. The van der Waals surface area contributed by atoms with E-state index in [9.17, 15) is 13.2 Å². The van der Waals surface area contributed by atoms with E-state index < -0.39 is 28.6 Å². The number of carbonyl (C=O) groups is 1. The fourth-order valence-electron chi connectivity index (χ4n) is 1.47. The van der Waals surface area contributed by atoms with Crippen molar-refractivity contribution in [1.29, 1.82) is 0 Å². The number of carboxylic acid groups (broad SMARTS) is 1. The minimum absolute atomic E-state index is 0.0770. The Hall–Kier alpha value is -1.45. The van der Waals surface area contributed by atoms with Crippen molar-refractivity contribution >= 4 is 16.0 Å². The largest absolute Gasteiger partial charge is 0.480 e. The maximum atomic E-state index is 12.0. The predicted octanol–water partition coefficient (Wildman–Crippen LogP) is -0.595. The van der Waals surface area contributed by atoms with Gasteiger partial charge in [-0.25, -0.2) is 8.42 Å². The fraction of sp³-hybridized carbons (Fsp3) is 0.556. The molecule has 1 atom stereocenters. The molecular formula is C9H14N2O6S. The Labute approximate surface area is 104 Å². The molecule has 0 amide bonds. The summed E-state index contributed by atoms with van der Waals surface area (Å²) in [6.07, 6.45) is -0.224. The highest BCUT2D eigenvalue weighted by Gasteiger charge is 2.29. The van der Waals surface area contributed by atoms with E-state index in [1.165, 1.54) is 13.8 Å². The number of sulfonamides is 1. The van der Waals surface area contributed by atoms with Crippen molar-refractivity contribution in [3.63, 3.8) is 0 Å². The van der Waals surface area contributed by atoms with E-state index in [0.29, 0.717) is 0 Å². The van der Waals surface area contributed by atoms with Crippen LogP contribution in [0.15, 0.2) is 9.42 Å². The number of carboxylic acids is 1. The van der Waals surface area contributed by atoms with E-state index >= 15 is 0 Å². The average Bonchev–Trinajstić information content (AvgIpc) is 2.58. The van der Waals surface area contributed by atoms with E-state index in [0.717, 1.165) is 0 Å². The minimum Gasteiger partial charge on any atom is -0.480 e. The second-order valence-corrected chi connectivity index (χ2v) is 5.33. The number of hydrogen-bond acceptors (Lipinski definition) is 6. The number of hydrogen-bond donors (Lipinski definition) is 3. The van der Waals surface area contributed by atoms with Crippen LogP contribution in [0.2, 0.25) is 0 Å². The highest BCUT2D eigenvalue weighted by Crippen LogP contribution is 2.19. The molecule has 1 aromatic heterocycles. The number of aromatic nitrogens is 1. The first-order valence-electron chi connectivity index (χ1n) is 5.08. The van der Waals surface area contributed by atoms with Gasteiger partial charge in [0, 0.05) is 6.61 Å². The Morgan fingerprint density at radius 1 is 1.50 bits per heavy atom. The average molecular weight is 278 g/mol. The van der Waals surface area contributed by atoms with Crippen LogP contribution in [-0.2, 0) is 14.8 Å². The van der Waals surface area contributed by atoms with Crippen LogP contribution in [0.4, 0.5) is 0 Å². The molecule has 1 rings (SSSR count). The molecule has 0 aliphatic rings. The molecule has 0 aliphatic carbocycles. The van der Waals surface area contributed by atoms with Crippen LogP contribution in [0.1, 0.15) is 17.9 Å². The van der Waals surface area contributed by atoms with E-state index in [4.69, 9.17) is 14.7 Å². The van der Waals surface area contributed by atoms with Gasteiger partial charge in [0.2, 0.25) is 10.0 Å². The third kappa shape index (κ3) is 3.06. The van der Waals surface area contributed by atoms with Gasteiger partial charge in [-0.1, -0.05) is 5.16 Å². The molecule has 0 unspecified atom stereocenters. The molecule has 3 N–H and O–H groups in total. The van der Waals surface area contributed by atoms with Crippen LogP contribution in [0.5, 0.6) is 0 Å². The third-order valence-corrected chi connectivity index (χ3v) is 3.97. The van der Waals surface area contributed by atoms with Gasteiger partial charge in [-0.3, -0.25) is 4.79 Å². The van der Waals surface area contributed by atoms with Crippen LogP contribution in [-0.4, -0.2) is 42.4 Å². The summed E-state index contributed by atoms with van der Waals surface area (Å²) in [7, 11) is -4.04. The zero-order valence-corrected chi connectivity index (χ0v) is 10.7. The van der Waals surface area contributed by atoms with Gasteiger partial charge in [0.05, 0.1) is 0 Å². The van der Waals surface area contributed by atoms with E-state index in [2.05, 4.69) is 5.16 Å². The molecule has 18 heavy (non-hydrogen) atoms. The lowest BCUT2D eigenvalue weighted by molar-refractivity contribution is -0.139. The molecule has 0 saturated carbocycles. The maximum Gasteiger partial charge on any atom is 0.321 e. The van der Waals surface area contributed by atoms with Crippen LogP contribution in [0.25, 0.3) is 0 Å². The summed E-state index contributed by atoms with van der Waals surface area (Å²) in [4.78, 5) is 10.7. The highest BCUT2D eigenvalue weighted by atomic mass is 32.2. The molecule has 0 saturated heterocycles. The Balaban J connectivity index is 3.05. The topological polar surface area (TPSA) is 130 Å². The van der Waals surface area contributed by atoms with Gasteiger partial charge in [0.1, 0.15) is 16.6 Å². The minimum atomic E-state index is -4.04. The second kappa shape index (κ2) is 5.46. The predicted molar refractivity (Wildman–Crippen MR) is 59.4 cm³/mol. The van der Waals surface area contributed by atoms with Gasteiger partial charge in [-0.05, 0) is 20.3 Å². The molecular weight excluding hydrogens is 264 g/mol. The van der Waals surface area contributed by atoms with Crippen LogP contribution >= 0.6 is 0 Å². The summed E-state index contributed by atoms with van der Waals surface area (Å²) in [6, 6.07) is -1.39. The van der Waals surface area contributed by atoms with E-state index in [1.54, 1.807) is 0 Å². The number of aryl methyl sites for hydroxylation is 2.